The van der Waals surface area contributed by atoms with Crippen molar-refractivity contribution in [2.45, 2.75) is 76.9 Å². The molecule has 7 nitrogen and oxygen atoms in total. The van der Waals surface area contributed by atoms with Crippen molar-refractivity contribution in [1.29, 1.82) is 0 Å². The monoisotopic (exact) mass is 611 g/mol. The van der Waals surface area contributed by atoms with Crippen LogP contribution in [0.25, 0.3) is 44.2 Å². The van der Waals surface area contributed by atoms with E-state index in [0.29, 0.717) is 12.6 Å². The number of nitrogens with one attached hydrogen (secondary N) is 3. The third-order valence-electron chi connectivity index (χ3n) is 11.1. The topological polar surface area (TPSA) is 75.9 Å². The number of benzene rings is 3. The van der Waals surface area contributed by atoms with E-state index < -0.39 is 0 Å². The highest BCUT2D eigenvalue weighted by Gasteiger charge is 2.38. The molecule has 0 amide bonds. The Morgan fingerprint density at radius 1 is 1.04 bits per heavy atom. The number of hydrogen-bond acceptors (Lipinski definition) is 5. The highest BCUT2D eigenvalue weighted by atomic mass is 15.3. The molecular formula is C39H45N7. The number of likely N-dealkylation sites (tertiary alicyclic amines) is 2. The molecule has 1 aliphatic carbocycles. The van der Waals surface area contributed by atoms with Crippen molar-refractivity contribution in [3.05, 3.63) is 96.0 Å². The molecule has 0 saturated carbocycles. The molecule has 5 aromatic rings. The summed E-state index contributed by atoms with van der Waals surface area (Å²) < 4.78 is 0. The number of fused-ring (bicyclic) bond motifs is 6. The van der Waals surface area contributed by atoms with Crippen LogP contribution in [0.4, 0.5) is 0 Å². The zero-order valence-corrected chi connectivity index (χ0v) is 27.6. The highest BCUT2D eigenvalue weighted by Crippen LogP contribution is 2.42. The van der Waals surface area contributed by atoms with E-state index in [1.54, 1.807) is 0 Å². The molecule has 3 aromatic carbocycles. The van der Waals surface area contributed by atoms with E-state index in [2.05, 4.69) is 102 Å². The van der Waals surface area contributed by atoms with E-state index in [9.17, 15) is 0 Å². The van der Waals surface area contributed by atoms with Crippen LogP contribution >= 0.6 is 0 Å². The first-order valence-corrected chi connectivity index (χ1v) is 16.9. The van der Waals surface area contributed by atoms with Crippen molar-refractivity contribution in [1.82, 2.24) is 35.1 Å². The molecule has 3 N–H and O–H groups in total. The van der Waals surface area contributed by atoms with Gasteiger partial charge in [-0.2, -0.15) is 0 Å². The lowest BCUT2D eigenvalue weighted by atomic mass is 9.83. The molecule has 2 saturated heterocycles. The minimum Gasteiger partial charge on any atom is -0.384 e. The Morgan fingerprint density at radius 2 is 1.87 bits per heavy atom. The van der Waals surface area contributed by atoms with Crippen LogP contribution in [0.3, 0.4) is 0 Å². The van der Waals surface area contributed by atoms with Crippen LogP contribution in [0.15, 0.2) is 73.2 Å². The second-order valence-electron chi connectivity index (χ2n) is 14.2. The largest absolute Gasteiger partial charge is 0.384 e. The maximum atomic E-state index is 5.23. The van der Waals surface area contributed by atoms with Gasteiger partial charge in [-0.3, -0.25) is 4.90 Å². The lowest BCUT2D eigenvalue weighted by Crippen LogP contribution is -2.36. The standard InChI is InChI=1S/C39H45N7/c1-23(2)40-21-25(4)46-24(3)8-15-35(46)37-41-22-34(42-37)29-11-13-30-26(18-29)9-10-27-20-32-28(19-31(27)30)12-14-33-36(32)44-38(43-33)39(5)16-7-17-45(39)6/h11-14,18-20,22,24,35,40H,1,4,7-10,15-17,21H2,2-3,5-6H3,(H,41,42)(H,43,44)/t24-,35?,39-/m0/s1. The summed E-state index contributed by atoms with van der Waals surface area (Å²) in [5.41, 5.74) is 12.0. The Kier molecular flexibility index (Phi) is 6.87. The van der Waals surface area contributed by atoms with Crippen molar-refractivity contribution >= 4 is 21.8 Å². The van der Waals surface area contributed by atoms with Crippen molar-refractivity contribution in [2.24, 2.45) is 0 Å². The number of rotatable bonds is 7. The molecule has 8 rings (SSSR count). The molecule has 46 heavy (non-hydrogen) atoms. The van der Waals surface area contributed by atoms with E-state index in [0.717, 1.165) is 78.4 Å². The van der Waals surface area contributed by atoms with E-state index in [1.165, 1.54) is 45.0 Å². The normalized spacial score (nSPS) is 22.8. The molecule has 3 atom stereocenters. The van der Waals surface area contributed by atoms with Gasteiger partial charge in [0.25, 0.3) is 0 Å². The maximum Gasteiger partial charge on any atom is 0.129 e. The summed E-state index contributed by atoms with van der Waals surface area (Å²) in [5.74, 6) is 2.11. The summed E-state index contributed by atoms with van der Waals surface area (Å²) in [5, 5.41) is 5.84. The number of aromatic amines is 2. The fourth-order valence-corrected chi connectivity index (χ4v) is 8.28. The quantitative estimate of drug-likeness (QED) is 0.174. The van der Waals surface area contributed by atoms with Gasteiger partial charge < -0.3 is 20.2 Å². The molecule has 2 aliphatic heterocycles. The van der Waals surface area contributed by atoms with E-state index in [1.807, 2.05) is 13.1 Å². The summed E-state index contributed by atoms with van der Waals surface area (Å²) in [6.07, 6.45) is 8.60. The molecule has 0 spiro atoms. The summed E-state index contributed by atoms with van der Waals surface area (Å²) in [6, 6.07) is 16.8. The Bertz CT molecular complexity index is 2010. The Morgan fingerprint density at radius 3 is 2.65 bits per heavy atom. The SMILES string of the molecule is C=C(C)NCC(=C)N1C(c2ncc(-c3ccc4c(c3)CCc3cc5c(ccc6[nH]c([C@]7(C)CCCN7C)nc65)cc3-4)[nH]2)CC[C@@H]1C. The third kappa shape index (κ3) is 4.66. The molecule has 0 bridgehead atoms. The van der Waals surface area contributed by atoms with Crippen molar-refractivity contribution in [2.75, 3.05) is 20.1 Å². The van der Waals surface area contributed by atoms with Crippen LogP contribution in [0.5, 0.6) is 0 Å². The predicted molar refractivity (Wildman–Crippen MR) is 188 cm³/mol. The Labute approximate surface area is 271 Å². The minimum absolute atomic E-state index is 0.0305. The zero-order valence-electron chi connectivity index (χ0n) is 27.6. The van der Waals surface area contributed by atoms with Crippen LogP contribution in [-0.2, 0) is 18.4 Å². The van der Waals surface area contributed by atoms with Crippen molar-refractivity contribution in [3.63, 3.8) is 0 Å². The first-order valence-electron chi connectivity index (χ1n) is 16.9. The average molecular weight is 612 g/mol. The predicted octanol–water partition coefficient (Wildman–Crippen LogP) is 7.97. The second kappa shape index (κ2) is 10.9. The number of H-pyrrole nitrogens is 2. The fourth-order valence-electron chi connectivity index (χ4n) is 8.28. The summed E-state index contributed by atoms with van der Waals surface area (Å²) in [6.45, 7) is 16.8. The molecule has 236 valence electrons. The molecule has 2 fully saturated rings. The third-order valence-corrected chi connectivity index (χ3v) is 11.1. The Balaban J connectivity index is 1.08. The maximum absolute atomic E-state index is 5.23. The number of allylic oxidation sites excluding steroid dienone is 1. The van der Waals surface area contributed by atoms with Gasteiger partial charge in [0.2, 0.25) is 0 Å². The van der Waals surface area contributed by atoms with Gasteiger partial charge in [-0.25, -0.2) is 9.97 Å². The number of aromatic nitrogens is 4. The van der Waals surface area contributed by atoms with Crippen LogP contribution in [-0.4, -0.2) is 55.9 Å². The number of imidazole rings is 2. The summed E-state index contributed by atoms with van der Waals surface area (Å²) >= 11 is 0. The van der Waals surface area contributed by atoms with Gasteiger partial charge >= 0.3 is 0 Å². The smallest absolute Gasteiger partial charge is 0.129 e. The van der Waals surface area contributed by atoms with Gasteiger partial charge in [-0.15, -0.1) is 0 Å². The molecule has 3 aliphatic rings. The van der Waals surface area contributed by atoms with E-state index >= 15 is 0 Å². The number of aryl methyl sites for hydroxylation is 2. The second-order valence-corrected chi connectivity index (χ2v) is 14.2. The van der Waals surface area contributed by atoms with Gasteiger partial charge in [-0.1, -0.05) is 31.4 Å². The van der Waals surface area contributed by atoms with Crippen LogP contribution in [0.2, 0.25) is 0 Å². The number of hydrogen-bond donors (Lipinski definition) is 3. The van der Waals surface area contributed by atoms with Crippen molar-refractivity contribution in [3.8, 4) is 22.4 Å². The first-order chi connectivity index (χ1) is 22.2. The Hall–Kier alpha value is -4.36. The van der Waals surface area contributed by atoms with Gasteiger partial charge in [0.15, 0.2) is 0 Å². The molecule has 1 unspecified atom stereocenters. The molecule has 4 heterocycles. The average Bonchev–Trinajstić information content (AvgIpc) is 3.85. The van der Waals surface area contributed by atoms with E-state index in [-0.39, 0.29) is 11.6 Å². The van der Waals surface area contributed by atoms with Crippen LogP contribution in [0.1, 0.15) is 75.3 Å². The van der Waals surface area contributed by atoms with Crippen molar-refractivity contribution < 1.29 is 0 Å². The lowest BCUT2D eigenvalue weighted by Gasteiger charge is -2.31. The zero-order chi connectivity index (χ0) is 31.7. The first kappa shape index (κ1) is 29.1. The molecule has 2 aromatic heterocycles. The fraction of sp³-hybridized carbons (Fsp3) is 0.385. The lowest BCUT2D eigenvalue weighted by molar-refractivity contribution is 0.187. The summed E-state index contributed by atoms with van der Waals surface area (Å²) in [4.78, 5) is 22.4. The number of nitrogens with zero attached hydrogens (tertiary/aromatic N) is 4. The molecule has 0 radical (unpaired) electrons. The highest BCUT2D eigenvalue weighted by molar-refractivity contribution is 6.06. The van der Waals surface area contributed by atoms with Gasteiger partial charge in [0, 0.05) is 22.8 Å². The molecular weight excluding hydrogens is 566 g/mol. The summed E-state index contributed by atoms with van der Waals surface area (Å²) in [7, 11) is 2.22. The van der Waals surface area contributed by atoms with E-state index in [4.69, 9.17) is 9.97 Å². The van der Waals surface area contributed by atoms with Crippen LogP contribution < -0.4 is 5.32 Å². The van der Waals surface area contributed by atoms with Gasteiger partial charge in [-0.05, 0) is 130 Å². The van der Waals surface area contributed by atoms with Crippen LogP contribution in [0, 0.1) is 0 Å². The minimum atomic E-state index is -0.0305. The van der Waals surface area contributed by atoms with Gasteiger partial charge in [0.05, 0.1) is 41.0 Å². The van der Waals surface area contributed by atoms with Gasteiger partial charge in [0.1, 0.15) is 11.6 Å². The molecule has 7 heteroatoms.